The number of thioether (sulfide) groups is 1. The Labute approximate surface area is 247 Å². The minimum absolute atomic E-state index is 0.0111. The van der Waals surface area contributed by atoms with E-state index >= 15 is 0 Å². The molecule has 0 bridgehead atoms. The molecule has 0 aromatic heterocycles. The summed E-state index contributed by atoms with van der Waals surface area (Å²) in [5, 5.41) is 14.1. The van der Waals surface area contributed by atoms with E-state index in [4.69, 9.17) is 5.41 Å². The first-order valence-corrected chi connectivity index (χ1v) is 15.4. The summed E-state index contributed by atoms with van der Waals surface area (Å²) in [5.41, 5.74) is 1.65. The molecular formula is C25H26BrF3N6O4S2. The number of sulfonamides is 1. The lowest BCUT2D eigenvalue weighted by atomic mass is 10.1. The van der Waals surface area contributed by atoms with Gasteiger partial charge in [0.25, 0.3) is 0 Å². The van der Waals surface area contributed by atoms with Crippen molar-refractivity contribution in [2.24, 2.45) is 4.99 Å². The number of amides is 1. The summed E-state index contributed by atoms with van der Waals surface area (Å²) in [6.07, 6.45) is 3.57. The molecule has 1 amide bonds. The van der Waals surface area contributed by atoms with Crippen LogP contribution in [-0.4, -0.2) is 72.2 Å². The van der Waals surface area contributed by atoms with Crippen molar-refractivity contribution in [1.82, 2.24) is 19.8 Å². The predicted octanol–water partition coefficient (Wildman–Crippen LogP) is 3.78. The first kappa shape index (κ1) is 30.9. The molecule has 10 nitrogen and oxygen atoms in total. The van der Waals surface area contributed by atoms with Crippen molar-refractivity contribution < 1.29 is 31.1 Å². The van der Waals surface area contributed by atoms with Crippen LogP contribution in [0, 0.1) is 5.41 Å². The van der Waals surface area contributed by atoms with Crippen molar-refractivity contribution in [1.29, 1.82) is 5.41 Å². The van der Waals surface area contributed by atoms with Gasteiger partial charge in [-0.3, -0.25) is 15.2 Å². The molecule has 1 aromatic rings. The topological polar surface area (TPSA) is 127 Å². The van der Waals surface area contributed by atoms with Crippen LogP contribution < -0.4 is 15.4 Å². The predicted molar refractivity (Wildman–Crippen MR) is 155 cm³/mol. The van der Waals surface area contributed by atoms with E-state index in [1.165, 1.54) is 22.7 Å². The zero-order chi connectivity index (χ0) is 29.8. The molecule has 3 heterocycles. The van der Waals surface area contributed by atoms with E-state index < -0.39 is 38.7 Å². The fourth-order valence-electron chi connectivity index (χ4n) is 4.15. The molecule has 4 rings (SSSR count). The van der Waals surface area contributed by atoms with Gasteiger partial charge in [-0.15, -0.1) is 13.2 Å². The maximum Gasteiger partial charge on any atom is 0.573 e. The average Bonchev–Trinajstić information content (AvgIpc) is 3.38. The molecule has 1 saturated heterocycles. The number of nitrogens with zero attached hydrogens (tertiary/aromatic N) is 3. The molecule has 3 aliphatic rings. The van der Waals surface area contributed by atoms with Crippen molar-refractivity contribution >= 4 is 55.7 Å². The molecule has 0 radical (unpaired) electrons. The molecular weight excluding hydrogens is 649 g/mol. The highest BCUT2D eigenvalue weighted by molar-refractivity contribution is 9.14. The lowest BCUT2D eigenvalue weighted by molar-refractivity contribution is -0.274. The third kappa shape index (κ3) is 8.02. The highest BCUT2D eigenvalue weighted by Crippen LogP contribution is 2.40. The number of amidine groups is 1. The Morgan fingerprint density at radius 2 is 2.05 bits per heavy atom. The van der Waals surface area contributed by atoms with Gasteiger partial charge < -0.3 is 20.3 Å². The average molecular weight is 676 g/mol. The van der Waals surface area contributed by atoms with Crippen molar-refractivity contribution in [2.75, 3.05) is 19.6 Å². The van der Waals surface area contributed by atoms with Crippen LogP contribution in [0.5, 0.6) is 5.75 Å². The number of piperazine rings is 1. The number of rotatable bonds is 8. The third-order valence-corrected chi connectivity index (χ3v) is 10.9. The van der Waals surface area contributed by atoms with Crippen LogP contribution in [0.1, 0.15) is 12.0 Å². The summed E-state index contributed by atoms with van der Waals surface area (Å²) in [6, 6.07) is 3.82. The highest BCUT2D eigenvalue weighted by Gasteiger charge is 2.44. The lowest BCUT2D eigenvalue weighted by Gasteiger charge is -2.41. The molecule has 0 aliphatic carbocycles. The Morgan fingerprint density at radius 3 is 2.68 bits per heavy atom. The van der Waals surface area contributed by atoms with Gasteiger partial charge in [0.1, 0.15) is 22.2 Å². The van der Waals surface area contributed by atoms with Crippen molar-refractivity contribution in [2.45, 2.75) is 30.0 Å². The summed E-state index contributed by atoms with van der Waals surface area (Å²) in [4.78, 5) is 19.2. The quantitative estimate of drug-likeness (QED) is 0.283. The molecule has 0 spiro atoms. The molecule has 0 saturated carbocycles. The molecule has 16 heteroatoms. The maximum atomic E-state index is 13.6. The molecule has 2 atom stereocenters. The minimum atomic E-state index is -4.83. The van der Waals surface area contributed by atoms with Crippen LogP contribution >= 0.6 is 27.7 Å². The second kappa shape index (κ2) is 12.8. The number of dihydropyridines is 1. The highest BCUT2D eigenvalue weighted by atomic mass is 79.9. The first-order chi connectivity index (χ1) is 19.3. The van der Waals surface area contributed by atoms with E-state index in [1.807, 2.05) is 0 Å². The van der Waals surface area contributed by atoms with Gasteiger partial charge in [0.15, 0.2) is 0 Å². The van der Waals surface area contributed by atoms with Crippen LogP contribution in [0.3, 0.4) is 0 Å². The number of benzene rings is 1. The number of carbonyl (C=O) groups is 1. The summed E-state index contributed by atoms with van der Waals surface area (Å²) in [6.45, 7) is 3.86. The van der Waals surface area contributed by atoms with E-state index in [-0.39, 0.29) is 38.4 Å². The SMILES string of the molecule is C=C1C=CNC=C1N=CC(=N)N1CCN(S(=O)(=O)C2CC=C(Br)S2)[C@@H](C(=O)NCc2ccc(OC(F)(F)F)cc2)C1. The van der Waals surface area contributed by atoms with E-state index in [0.717, 1.165) is 23.9 Å². The lowest BCUT2D eigenvalue weighted by Crippen LogP contribution is -2.62. The van der Waals surface area contributed by atoms with Gasteiger partial charge in [-0.25, -0.2) is 8.42 Å². The number of aliphatic imine (C=N–C) groups is 1. The van der Waals surface area contributed by atoms with E-state index in [9.17, 15) is 26.4 Å². The van der Waals surface area contributed by atoms with E-state index in [0.29, 0.717) is 20.6 Å². The number of allylic oxidation sites excluding steroid dienone is 2. The standard InChI is InChI=1S/C25H26BrF3N6O4S2/c1-16-8-9-31-13-19(16)32-14-22(30)34-10-11-35(41(37,38)23-7-6-21(26)40-23)20(15-34)24(36)33-12-17-2-4-18(5-3-17)39-25(27,28)29/h2-6,8-9,13-14,20,23,30-31H,1,7,10-12,15H2,(H,33,36)/t20-,23?/m1/s1. The number of hydrogen-bond donors (Lipinski definition) is 3. The monoisotopic (exact) mass is 674 g/mol. The smallest absolute Gasteiger partial charge is 0.406 e. The summed E-state index contributed by atoms with van der Waals surface area (Å²) in [7, 11) is -3.92. The van der Waals surface area contributed by atoms with Crippen LogP contribution in [0.15, 0.2) is 75.5 Å². The zero-order valence-electron chi connectivity index (χ0n) is 21.4. The molecule has 3 aliphatic heterocycles. The number of alkyl halides is 3. The van der Waals surface area contributed by atoms with Gasteiger partial charge in [0.2, 0.25) is 15.9 Å². The second-order valence-corrected chi connectivity index (χ2v) is 14.0. The van der Waals surface area contributed by atoms with Gasteiger partial charge in [-0.05, 0) is 51.7 Å². The Morgan fingerprint density at radius 1 is 1.32 bits per heavy atom. The Balaban J connectivity index is 1.48. The number of halogens is 4. The van der Waals surface area contributed by atoms with Crippen LogP contribution in [-0.2, 0) is 21.4 Å². The van der Waals surface area contributed by atoms with Crippen LogP contribution in [0.25, 0.3) is 0 Å². The van der Waals surface area contributed by atoms with E-state index in [1.54, 1.807) is 29.5 Å². The van der Waals surface area contributed by atoms with Gasteiger partial charge in [0.05, 0.1) is 11.9 Å². The van der Waals surface area contributed by atoms with Gasteiger partial charge >= 0.3 is 6.36 Å². The molecule has 1 aromatic carbocycles. The van der Waals surface area contributed by atoms with Gasteiger partial charge in [0, 0.05) is 42.4 Å². The summed E-state index contributed by atoms with van der Waals surface area (Å²) in [5.74, 6) is -1.02. The molecule has 1 fully saturated rings. The summed E-state index contributed by atoms with van der Waals surface area (Å²) < 4.78 is 69.4. The Bertz CT molecular complexity index is 1430. The fourth-order valence-corrected chi connectivity index (χ4v) is 8.64. The van der Waals surface area contributed by atoms with Gasteiger partial charge in [-0.1, -0.05) is 36.5 Å². The van der Waals surface area contributed by atoms with Crippen molar-refractivity contribution in [3.05, 3.63) is 76.0 Å². The normalized spacial score (nSPS) is 21.9. The fraction of sp³-hybridized carbons (Fsp3) is 0.320. The summed E-state index contributed by atoms with van der Waals surface area (Å²) >= 11 is 4.46. The van der Waals surface area contributed by atoms with Crippen molar-refractivity contribution in [3.8, 4) is 5.75 Å². The first-order valence-electron chi connectivity index (χ1n) is 12.2. The Kier molecular flexibility index (Phi) is 9.66. The number of hydrogen-bond acceptors (Lipinski definition) is 8. The third-order valence-electron chi connectivity index (χ3n) is 6.23. The zero-order valence-corrected chi connectivity index (χ0v) is 24.6. The largest absolute Gasteiger partial charge is 0.573 e. The van der Waals surface area contributed by atoms with Crippen LogP contribution in [0.4, 0.5) is 13.2 Å². The maximum absolute atomic E-state index is 13.6. The Hall–Kier alpha value is -3.08. The molecule has 1 unspecified atom stereocenters. The number of carbonyl (C=O) groups excluding carboxylic acids is 1. The molecule has 220 valence electrons. The van der Waals surface area contributed by atoms with Crippen molar-refractivity contribution in [3.63, 3.8) is 0 Å². The molecule has 41 heavy (non-hydrogen) atoms. The number of nitrogens with one attached hydrogen (secondary N) is 3. The molecule has 3 N–H and O–H groups in total. The van der Waals surface area contributed by atoms with Crippen LogP contribution in [0.2, 0.25) is 0 Å². The minimum Gasteiger partial charge on any atom is -0.406 e. The number of ether oxygens (including phenoxy) is 1. The second-order valence-electron chi connectivity index (χ2n) is 9.02. The van der Waals surface area contributed by atoms with Gasteiger partial charge in [-0.2, -0.15) is 4.31 Å². The van der Waals surface area contributed by atoms with E-state index in [2.05, 4.69) is 42.9 Å².